The van der Waals surface area contributed by atoms with Crippen molar-refractivity contribution in [3.05, 3.63) is 88.8 Å². The third-order valence-electron chi connectivity index (χ3n) is 4.30. The molecule has 0 saturated carbocycles. The fourth-order valence-electron chi connectivity index (χ4n) is 2.98. The molecule has 4 rings (SSSR count). The largest absolute Gasteiger partial charge is 0.457 e. The van der Waals surface area contributed by atoms with Gasteiger partial charge in [-0.15, -0.1) is 0 Å². The van der Waals surface area contributed by atoms with Crippen molar-refractivity contribution in [3.8, 4) is 11.5 Å². The van der Waals surface area contributed by atoms with Gasteiger partial charge in [0, 0.05) is 16.4 Å². The van der Waals surface area contributed by atoms with Crippen LogP contribution in [0.5, 0.6) is 11.5 Å². The first-order chi connectivity index (χ1) is 13.6. The average Bonchev–Trinajstić information content (AvgIpc) is 3.08. The van der Waals surface area contributed by atoms with Gasteiger partial charge in [-0.1, -0.05) is 25.1 Å². The second-order valence-electron chi connectivity index (χ2n) is 6.23. The number of hydrogen-bond acceptors (Lipinski definition) is 3. The maximum atomic E-state index is 12.9. The monoisotopic (exact) mass is 435 g/mol. The number of nitrogens with one attached hydrogen (secondary N) is 1. The summed E-state index contributed by atoms with van der Waals surface area (Å²) in [6.07, 6.45) is 2.53. The molecular weight excluding hydrogens is 418 g/mol. The van der Waals surface area contributed by atoms with Crippen LogP contribution >= 0.6 is 15.9 Å². The van der Waals surface area contributed by atoms with E-state index in [1.807, 2.05) is 84.3 Å². The molecule has 140 valence electrons. The summed E-state index contributed by atoms with van der Waals surface area (Å²) in [5.74, 6) is 1.28. The second-order valence-corrected chi connectivity index (χ2v) is 7.15. The van der Waals surface area contributed by atoms with E-state index in [0.717, 1.165) is 21.6 Å². The molecule has 0 atom stereocenters. The summed E-state index contributed by atoms with van der Waals surface area (Å²) in [6, 6.07) is 20.7. The van der Waals surface area contributed by atoms with E-state index in [-0.39, 0.29) is 5.91 Å². The van der Waals surface area contributed by atoms with Crippen LogP contribution in [0.15, 0.2) is 77.4 Å². The number of carbonyl (C=O) groups excluding carboxylic acids is 1. The Morgan fingerprint density at radius 3 is 2.46 bits per heavy atom. The Balaban J connectivity index is 1.55. The zero-order valence-corrected chi connectivity index (χ0v) is 16.8. The Hall–Kier alpha value is -3.12. The predicted molar refractivity (Wildman–Crippen MR) is 113 cm³/mol. The van der Waals surface area contributed by atoms with Crippen molar-refractivity contribution in [1.82, 2.24) is 9.38 Å². The smallest absolute Gasteiger partial charge is 0.274 e. The van der Waals surface area contributed by atoms with Gasteiger partial charge in [-0.3, -0.25) is 9.20 Å². The molecule has 0 saturated heterocycles. The molecule has 6 heteroatoms. The van der Waals surface area contributed by atoms with Gasteiger partial charge in [-0.2, -0.15) is 0 Å². The normalized spacial score (nSPS) is 10.8. The summed E-state index contributed by atoms with van der Waals surface area (Å²) < 4.78 is 8.48. The molecule has 2 aromatic heterocycles. The van der Waals surface area contributed by atoms with E-state index >= 15 is 0 Å². The van der Waals surface area contributed by atoms with Crippen molar-refractivity contribution in [2.75, 3.05) is 5.32 Å². The molecule has 0 aliphatic heterocycles. The van der Waals surface area contributed by atoms with Gasteiger partial charge < -0.3 is 10.1 Å². The highest BCUT2D eigenvalue weighted by molar-refractivity contribution is 9.10. The molecule has 0 spiro atoms. The Morgan fingerprint density at radius 1 is 1.04 bits per heavy atom. The van der Waals surface area contributed by atoms with Gasteiger partial charge in [0.1, 0.15) is 22.8 Å². The minimum absolute atomic E-state index is 0.195. The quantitative estimate of drug-likeness (QED) is 0.437. The molecule has 1 amide bonds. The summed E-state index contributed by atoms with van der Waals surface area (Å²) in [6.45, 7) is 1.99. The number of anilines is 1. The van der Waals surface area contributed by atoms with Crippen molar-refractivity contribution < 1.29 is 9.53 Å². The zero-order chi connectivity index (χ0) is 19.5. The molecule has 0 unspecified atom stereocenters. The molecule has 5 nitrogen and oxygen atoms in total. The lowest BCUT2D eigenvalue weighted by Crippen LogP contribution is -2.16. The zero-order valence-electron chi connectivity index (χ0n) is 15.2. The number of para-hydroxylation sites is 1. The number of rotatable bonds is 5. The molecule has 28 heavy (non-hydrogen) atoms. The van der Waals surface area contributed by atoms with Crippen molar-refractivity contribution in [2.24, 2.45) is 0 Å². The van der Waals surface area contributed by atoms with Crippen LogP contribution in [0.4, 0.5) is 5.69 Å². The Kier molecular flexibility index (Phi) is 5.12. The van der Waals surface area contributed by atoms with Gasteiger partial charge in [0.25, 0.3) is 5.91 Å². The first-order valence-electron chi connectivity index (χ1n) is 8.95. The standard InChI is InChI=1S/C22H18BrN3O2/c1-2-19-21(26-14-15(23)8-13-20(26)25-19)22(27)24-16-9-11-18(12-10-16)28-17-6-4-3-5-7-17/h3-14H,2H2,1H3,(H,24,27). The summed E-state index contributed by atoms with van der Waals surface area (Å²) >= 11 is 3.45. The van der Waals surface area contributed by atoms with E-state index in [1.54, 1.807) is 0 Å². The fraction of sp³-hybridized carbons (Fsp3) is 0.0909. The molecule has 0 bridgehead atoms. The Morgan fingerprint density at radius 2 is 1.75 bits per heavy atom. The lowest BCUT2D eigenvalue weighted by atomic mass is 10.2. The van der Waals surface area contributed by atoms with Gasteiger partial charge in [0.15, 0.2) is 0 Å². The van der Waals surface area contributed by atoms with Crippen molar-refractivity contribution in [3.63, 3.8) is 0 Å². The number of imidazole rings is 1. The number of aryl methyl sites for hydroxylation is 1. The van der Waals surface area contributed by atoms with Crippen LogP contribution in [0.25, 0.3) is 5.65 Å². The molecule has 0 aliphatic rings. The third kappa shape index (κ3) is 3.77. The maximum Gasteiger partial charge on any atom is 0.274 e. The van der Waals surface area contributed by atoms with Crippen molar-refractivity contribution in [2.45, 2.75) is 13.3 Å². The number of nitrogens with zero attached hydrogens (tertiary/aromatic N) is 2. The van der Waals surface area contributed by atoms with Crippen LogP contribution < -0.4 is 10.1 Å². The van der Waals surface area contributed by atoms with Crippen molar-refractivity contribution in [1.29, 1.82) is 0 Å². The predicted octanol–water partition coefficient (Wildman–Crippen LogP) is 5.70. The SMILES string of the molecule is CCc1nc2ccc(Br)cn2c1C(=O)Nc1ccc(Oc2ccccc2)cc1. The van der Waals surface area contributed by atoms with Crippen LogP contribution in [0.1, 0.15) is 23.1 Å². The van der Waals surface area contributed by atoms with Gasteiger partial charge in [-0.25, -0.2) is 4.98 Å². The van der Waals surface area contributed by atoms with E-state index in [4.69, 9.17) is 4.74 Å². The highest BCUT2D eigenvalue weighted by Gasteiger charge is 2.18. The molecule has 0 aliphatic carbocycles. The van der Waals surface area contributed by atoms with Crippen LogP contribution in [0, 0.1) is 0 Å². The summed E-state index contributed by atoms with van der Waals surface area (Å²) in [7, 11) is 0. The summed E-state index contributed by atoms with van der Waals surface area (Å²) in [5, 5.41) is 2.95. The maximum absolute atomic E-state index is 12.9. The molecule has 0 radical (unpaired) electrons. The lowest BCUT2D eigenvalue weighted by molar-refractivity contribution is 0.102. The number of amides is 1. The first kappa shape index (κ1) is 18.3. The van der Waals surface area contributed by atoms with Crippen LogP contribution in [-0.2, 0) is 6.42 Å². The Labute approximate surface area is 171 Å². The number of fused-ring (bicyclic) bond motifs is 1. The second kappa shape index (κ2) is 7.86. The lowest BCUT2D eigenvalue weighted by Gasteiger charge is -2.09. The molecule has 2 heterocycles. The van der Waals surface area contributed by atoms with Gasteiger partial charge in [0.2, 0.25) is 0 Å². The fourth-order valence-corrected chi connectivity index (χ4v) is 3.31. The van der Waals surface area contributed by atoms with E-state index < -0.39 is 0 Å². The van der Waals surface area contributed by atoms with E-state index in [0.29, 0.717) is 23.6 Å². The number of aromatic nitrogens is 2. The number of carbonyl (C=O) groups is 1. The molecule has 0 fully saturated rings. The van der Waals surface area contributed by atoms with E-state index in [1.165, 1.54) is 0 Å². The van der Waals surface area contributed by atoms with Gasteiger partial charge in [0.05, 0.1) is 5.69 Å². The highest BCUT2D eigenvalue weighted by atomic mass is 79.9. The van der Waals surface area contributed by atoms with Gasteiger partial charge in [-0.05, 0) is 70.9 Å². The minimum atomic E-state index is -0.195. The Bertz CT molecular complexity index is 1120. The summed E-state index contributed by atoms with van der Waals surface area (Å²) in [5.41, 5.74) is 2.75. The number of hydrogen-bond donors (Lipinski definition) is 1. The number of pyridine rings is 1. The first-order valence-corrected chi connectivity index (χ1v) is 9.74. The van der Waals surface area contributed by atoms with E-state index in [2.05, 4.69) is 26.2 Å². The summed E-state index contributed by atoms with van der Waals surface area (Å²) in [4.78, 5) is 17.5. The molecule has 4 aromatic rings. The molecule has 1 N–H and O–H groups in total. The van der Waals surface area contributed by atoms with Crippen LogP contribution in [-0.4, -0.2) is 15.3 Å². The van der Waals surface area contributed by atoms with Gasteiger partial charge >= 0.3 is 0 Å². The molecule has 2 aromatic carbocycles. The van der Waals surface area contributed by atoms with E-state index in [9.17, 15) is 4.79 Å². The number of benzene rings is 2. The average molecular weight is 436 g/mol. The topological polar surface area (TPSA) is 55.6 Å². The number of ether oxygens (including phenoxy) is 1. The van der Waals surface area contributed by atoms with Crippen molar-refractivity contribution >= 4 is 33.2 Å². The minimum Gasteiger partial charge on any atom is -0.457 e. The number of halogens is 1. The highest BCUT2D eigenvalue weighted by Crippen LogP contribution is 2.24. The third-order valence-corrected chi connectivity index (χ3v) is 4.76. The van der Waals surface area contributed by atoms with Crippen LogP contribution in [0.3, 0.4) is 0 Å². The molecular formula is C22H18BrN3O2. The van der Waals surface area contributed by atoms with Crippen LogP contribution in [0.2, 0.25) is 0 Å².